The highest BCUT2D eigenvalue weighted by Gasteiger charge is 2.13. The van der Waals surface area contributed by atoms with Crippen LogP contribution < -0.4 is 4.74 Å². The number of hydrogen-bond acceptors (Lipinski definition) is 3. The standard InChI is InChI=1S/C13H8Cl3FO3S/c14-11-3-1-9(17)5-8(11)7-20-13-4-2-10(6-12(13)15)21(16,18)19/h1-6H,7H2. The van der Waals surface area contributed by atoms with E-state index in [1.165, 1.54) is 36.4 Å². The fraction of sp³-hybridized carbons (Fsp3) is 0.0769. The van der Waals surface area contributed by atoms with E-state index in [0.29, 0.717) is 10.6 Å². The molecule has 0 aromatic heterocycles. The van der Waals surface area contributed by atoms with Crippen molar-refractivity contribution in [1.29, 1.82) is 0 Å². The van der Waals surface area contributed by atoms with Crippen LogP contribution in [0.15, 0.2) is 41.3 Å². The SMILES string of the molecule is O=S(=O)(Cl)c1ccc(OCc2cc(F)ccc2Cl)c(Cl)c1. The molecule has 2 aromatic rings. The summed E-state index contributed by atoms with van der Waals surface area (Å²) < 4.78 is 40.8. The van der Waals surface area contributed by atoms with Gasteiger partial charge in [0.25, 0.3) is 9.05 Å². The average molecular weight is 370 g/mol. The van der Waals surface area contributed by atoms with E-state index in [2.05, 4.69) is 0 Å². The van der Waals surface area contributed by atoms with Gasteiger partial charge in [0, 0.05) is 21.3 Å². The molecule has 2 rings (SSSR count). The average Bonchev–Trinajstić information content (AvgIpc) is 2.40. The topological polar surface area (TPSA) is 43.4 Å². The van der Waals surface area contributed by atoms with Gasteiger partial charge in [-0.15, -0.1) is 0 Å². The number of rotatable bonds is 4. The Morgan fingerprint density at radius 2 is 1.76 bits per heavy atom. The van der Waals surface area contributed by atoms with Crippen LogP contribution in [0.2, 0.25) is 10.0 Å². The summed E-state index contributed by atoms with van der Waals surface area (Å²) in [5.41, 5.74) is 0.446. The fourth-order valence-electron chi connectivity index (χ4n) is 1.56. The zero-order chi connectivity index (χ0) is 15.6. The second-order valence-corrected chi connectivity index (χ2v) is 7.43. The lowest BCUT2D eigenvalue weighted by Crippen LogP contribution is -1.98. The predicted molar refractivity (Wildman–Crippen MR) is 80.2 cm³/mol. The van der Waals surface area contributed by atoms with Crippen LogP contribution in [0, 0.1) is 5.82 Å². The number of ether oxygens (including phenoxy) is 1. The van der Waals surface area contributed by atoms with Gasteiger partial charge < -0.3 is 4.74 Å². The molecule has 0 N–H and O–H groups in total. The lowest BCUT2D eigenvalue weighted by Gasteiger charge is -2.10. The van der Waals surface area contributed by atoms with Crippen LogP contribution in [-0.4, -0.2) is 8.42 Å². The molecule has 0 atom stereocenters. The van der Waals surface area contributed by atoms with Crippen molar-refractivity contribution < 1.29 is 17.5 Å². The zero-order valence-corrected chi connectivity index (χ0v) is 13.4. The summed E-state index contributed by atoms with van der Waals surface area (Å²) in [7, 11) is 1.35. The Kier molecular flexibility index (Phi) is 4.99. The molecule has 0 fully saturated rings. The maximum absolute atomic E-state index is 13.1. The molecule has 0 spiro atoms. The van der Waals surface area contributed by atoms with E-state index < -0.39 is 14.9 Å². The molecule has 0 bridgehead atoms. The fourth-order valence-corrected chi connectivity index (χ4v) is 2.81. The highest BCUT2D eigenvalue weighted by Crippen LogP contribution is 2.30. The summed E-state index contributed by atoms with van der Waals surface area (Å²) in [5.74, 6) is -0.200. The molecule has 0 aliphatic heterocycles. The third-order valence-corrected chi connectivity index (χ3v) is 4.59. The minimum atomic E-state index is -3.86. The predicted octanol–water partition coefficient (Wildman–Crippen LogP) is 4.64. The van der Waals surface area contributed by atoms with Gasteiger partial charge in [-0.25, -0.2) is 12.8 Å². The summed E-state index contributed by atoms with van der Waals surface area (Å²) in [6, 6.07) is 7.70. The molecule has 2 aromatic carbocycles. The minimum absolute atomic E-state index is 0.0106. The first-order valence-corrected chi connectivity index (χ1v) is 8.65. The van der Waals surface area contributed by atoms with Crippen molar-refractivity contribution in [3.63, 3.8) is 0 Å². The van der Waals surface area contributed by atoms with Gasteiger partial charge in [0.15, 0.2) is 0 Å². The summed E-state index contributed by atoms with van der Waals surface area (Å²) >= 11 is 11.8. The quantitative estimate of drug-likeness (QED) is 0.737. The van der Waals surface area contributed by atoms with Crippen LogP contribution in [0.1, 0.15) is 5.56 Å². The molecule has 0 aliphatic carbocycles. The molecule has 3 nitrogen and oxygen atoms in total. The van der Waals surface area contributed by atoms with Gasteiger partial charge in [-0.05, 0) is 36.4 Å². The Hall–Kier alpha value is -1.01. The molecule has 0 heterocycles. The summed E-state index contributed by atoms with van der Waals surface area (Å²) in [4.78, 5) is -0.134. The van der Waals surface area contributed by atoms with Gasteiger partial charge in [-0.3, -0.25) is 0 Å². The van der Waals surface area contributed by atoms with Crippen molar-refractivity contribution in [3.8, 4) is 5.75 Å². The molecular formula is C13H8Cl3FO3S. The highest BCUT2D eigenvalue weighted by atomic mass is 35.7. The highest BCUT2D eigenvalue weighted by molar-refractivity contribution is 8.13. The molecular weight excluding hydrogens is 362 g/mol. The zero-order valence-electron chi connectivity index (χ0n) is 10.3. The molecule has 8 heteroatoms. The largest absolute Gasteiger partial charge is 0.487 e. The second kappa shape index (κ2) is 6.40. The Morgan fingerprint density at radius 3 is 2.38 bits per heavy atom. The Morgan fingerprint density at radius 1 is 1.05 bits per heavy atom. The summed E-state index contributed by atoms with van der Waals surface area (Å²) in [6.45, 7) is -0.0106. The lowest BCUT2D eigenvalue weighted by atomic mass is 10.2. The molecule has 0 radical (unpaired) electrons. The van der Waals surface area contributed by atoms with Crippen LogP contribution in [0.5, 0.6) is 5.75 Å². The lowest BCUT2D eigenvalue weighted by molar-refractivity contribution is 0.305. The molecule has 0 aliphatic rings. The van der Waals surface area contributed by atoms with Crippen molar-refractivity contribution in [2.75, 3.05) is 0 Å². The smallest absolute Gasteiger partial charge is 0.261 e. The van der Waals surface area contributed by atoms with Crippen molar-refractivity contribution in [2.45, 2.75) is 11.5 Å². The van der Waals surface area contributed by atoms with E-state index in [-0.39, 0.29) is 22.3 Å². The minimum Gasteiger partial charge on any atom is -0.487 e. The number of hydrogen-bond donors (Lipinski definition) is 0. The Labute approximate surface area is 135 Å². The summed E-state index contributed by atoms with van der Waals surface area (Å²) in [5, 5.41) is 0.428. The van der Waals surface area contributed by atoms with Gasteiger partial charge in [0.2, 0.25) is 0 Å². The van der Waals surface area contributed by atoms with Crippen molar-refractivity contribution in [2.24, 2.45) is 0 Å². The Balaban J connectivity index is 2.19. The maximum atomic E-state index is 13.1. The van der Waals surface area contributed by atoms with Crippen molar-refractivity contribution in [1.82, 2.24) is 0 Å². The van der Waals surface area contributed by atoms with Gasteiger partial charge in [0.05, 0.1) is 9.92 Å². The van der Waals surface area contributed by atoms with Crippen LogP contribution in [-0.2, 0) is 15.7 Å². The first-order chi connectivity index (χ1) is 9.77. The third kappa shape index (κ3) is 4.23. The molecule has 0 amide bonds. The molecule has 21 heavy (non-hydrogen) atoms. The van der Waals surface area contributed by atoms with Gasteiger partial charge in [0.1, 0.15) is 18.2 Å². The monoisotopic (exact) mass is 368 g/mol. The van der Waals surface area contributed by atoms with Crippen LogP contribution in [0.4, 0.5) is 4.39 Å². The van der Waals surface area contributed by atoms with E-state index in [1.54, 1.807) is 0 Å². The van der Waals surface area contributed by atoms with E-state index in [1.807, 2.05) is 0 Å². The molecule has 0 saturated heterocycles. The first kappa shape index (κ1) is 16.4. The van der Waals surface area contributed by atoms with E-state index >= 15 is 0 Å². The maximum Gasteiger partial charge on any atom is 0.261 e. The van der Waals surface area contributed by atoms with Gasteiger partial charge in [-0.2, -0.15) is 0 Å². The van der Waals surface area contributed by atoms with Crippen LogP contribution in [0.3, 0.4) is 0 Å². The second-order valence-electron chi connectivity index (χ2n) is 4.05. The number of halogens is 4. The van der Waals surface area contributed by atoms with Crippen LogP contribution in [0.25, 0.3) is 0 Å². The van der Waals surface area contributed by atoms with Crippen LogP contribution >= 0.6 is 33.9 Å². The van der Waals surface area contributed by atoms with E-state index in [0.717, 1.165) is 0 Å². The Bertz CT molecular complexity index is 778. The van der Waals surface area contributed by atoms with Gasteiger partial charge in [-0.1, -0.05) is 23.2 Å². The van der Waals surface area contributed by atoms with E-state index in [9.17, 15) is 12.8 Å². The molecule has 0 unspecified atom stereocenters. The summed E-state index contributed by atoms with van der Waals surface area (Å²) in [6.07, 6.45) is 0. The van der Waals surface area contributed by atoms with E-state index in [4.69, 9.17) is 38.6 Å². The van der Waals surface area contributed by atoms with Crippen molar-refractivity contribution >= 4 is 42.9 Å². The number of benzene rings is 2. The first-order valence-electron chi connectivity index (χ1n) is 5.58. The third-order valence-electron chi connectivity index (χ3n) is 2.58. The molecule has 0 saturated carbocycles. The van der Waals surface area contributed by atoms with Crippen molar-refractivity contribution in [3.05, 3.63) is 57.8 Å². The normalized spacial score (nSPS) is 11.4. The van der Waals surface area contributed by atoms with Gasteiger partial charge >= 0.3 is 0 Å². The molecule has 112 valence electrons.